The number of hydrogen-bond donors (Lipinski definition) is 0. The molecule has 0 bridgehead atoms. The molecule has 22 heavy (non-hydrogen) atoms. The van der Waals surface area contributed by atoms with Crippen LogP contribution in [0, 0.1) is 0 Å². The third kappa shape index (κ3) is 4.22. The van der Waals surface area contributed by atoms with Crippen molar-refractivity contribution in [2.45, 2.75) is 9.65 Å². The van der Waals surface area contributed by atoms with E-state index in [-0.39, 0.29) is 10.6 Å². The lowest BCUT2D eigenvalue weighted by Crippen LogP contribution is -2.19. The highest BCUT2D eigenvalue weighted by Crippen LogP contribution is 2.39. The van der Waals surface area contributed by atoms with Crippen molar-refractivity contribution in [2.24, 2.45) is 0 Å². The summed E-state index contributed by atoms with van der Waals surface area (Å²) in [5.74, 6) is 0.739. The lowest BCUT2D eigenvalue weighted by Gasteiger charge is -2.19. The van der Waals surface area contributed by atoms with Crippen molar-refractivity contribution in [2.75, 3.05) is 7.11 Å². The summed E-state index contributed by atoms with van der Waals surface area (Å²) in [6.45, 7) is 0. The standard InChI is InChI=1S/C16H12Br4O2/c1-22-13-8-11(18)6-7-12(13)14(19)15(20)16(21)9-2-4-10(17)5-3-9/h2-8,14-15H,1H3. The number of carbonyl (C=O) groups excluding carboxylic acids is 1. The fraction of sp³-hybridized carbons (Fsp3) is 0.188. The van der Waals surface area contributed by atoms with Crippen LogP contribution in [0.25, 0.3) is 0 Å². The van der Waals surface area contributed by atoms with Crippen LogP contribution in [0.3, 0.4) is 0 Å². The SMILES string of the molecule is COc1cc(Br)ccc1C(Br)C(Br)C(=O)c1ccc(Br)cc1. The average Bonchev–Trinajstić information content (AvgIpc) is 2.53. The van der Waals surface area contributed by atoms with Gasteiger partial charge in [0.1, 0.15) is 5.75 Å². The van der Waals surface area contributed by atoms with Gasteiger partial charge in [-0.15, -0.1) is 0 Å². The molecule has 116 valence electrons. The number of ketones is 1. The molecule has 0 radical (unpaired) electrons. The highest BCUT2D eigenvalue weighted by molar-refractivity contribution is 9.12. The maximum Gasteiger partial charge on any atom is 0.177 e. The van der Waals surface area contributed by atoms with Gasteiger partial charge in [0.05, 0.1) is 16.8 Å². The number of hydrogen-bond acceptors (Lipinski definition) is 2. The van der Waals surface area contributed by atoms with E-state index in [1.54, 1.807) is 19.2 Å². The van der Waals surface area contributed by atoms with Gasteiger partial charge in [0, 0.05) is 20.1 Å². The first-order valence-corrected chi connectivity index (χ1v) is 9.77. The van der Waals surface area contributed by atoms with Crippen LogP contribution < -0.4 is 4.74 Å². The van der Waals surface area contributed by atoms with Gasteiger partial charge < -0.3 is 4.74 Å². The number of Topliss-reactive ketones (excluding diaryl/α,β-unsaturated/α-hetero) is 1. The Kier molecular flexibility index (Phi) is 6.68. The third-order valence-corrected chi connectivity index (χ3v) is 6.83. The number of carbonyl (C=O) groups is 1. The minimum atomic E-state index is -0.399. The number of rotatable bonds is 5. The predicted octanol–water partition coefficient (Wildman–Crippen LogP) is 6.30. The van der Waals surface area contributed by atoms with Crippen molar-refractivity contribution in [1.29, 1.82) is 0 Å². The molecule has 0 aliphatic heterocycles. The second-order valence-electron chi connectivity index (χ2n) is 4.56. The van der Waals surface area contributed by atoms with E-state index in [0.717, 1.165) is 20.3 Å². The zero-order valence-electron chi connectivity index (χ0n) is 11.5. The number of halogens is 4. The highest BCUT2D eigenvalue weighted by atomic mass is 79.9. The summed E-state index contributed by atoms with van der Waals surface area (Å²) < 4.78 is 7.27. The van der Waals surface area contributed by atoms with Crippen molar-refractivity contribution in [3.63, 3.8) is 0 Å². The van der Waals surface area contributed by atoms with Crippen molar-refractivity contribution in [3.05, 3.63) is 62.5 Å². The van der Waals surface area contributed by atoms with Crippen molar-refractivity contribution < 1.29 is 9.53 Å². The number of ether oxygens (including phenoxy) is 1. The molecule has 2 rings (SSSR count). The van der Waals surface area contributed by atoms with Gasteiger partial charge in [0.2, 0.25) is 0 Å². The van der Waals surface area contributed by atoms with Gasteiger partial charge in [0.25, 0.3) is 0 Å². The molecule has 2 atom stereocenters. The summed E-state index contributed by atoms with van der Waals surface area (Å²) in [5, 5.41) is 0. The van der Waals surface area contributed by atoms with Gasteiger partial charge in [0.15, 0.2) is 5.78 Å². The molecule has 2 unspecified atom stereocenters. The van der Waals surface area contributed by atoms with Crippen LogP contribution >= 0.6 is 63.7 Å². The molecular weight excluding hydrogens is 544 g/mol. The van der Waals surface area contributed by atoms with Crippen molar-refractivity contribution >= 4 is 69.5 Å². The maximum absolute atomic E-state index is 12.6. The van der Waals surface area contributed by atoms with Crippen LogP contribution in [0.2, 0.25) is 0 Å². The molecular formula is C16H12Br4O2. The van der Waals surface area contributed by atoms with Gasteiger partial charge >= 0.3 is 0 Å². The number of benzene rings is 2. The van der Waals surface area contributed by atoms with Crippen LogP contribution in [0.4, 0.5) is 0 Å². The minimum absolute atomic E-state index is 0.0133. The van der Waals surface area contributed by atoms with E-state index >= 15 is 0 Å². The first-order chi connectivity index (χ1) is 10.4. The molecule has 2 nitrogen and oxygen atoms in total. The molecule has 0 fully saturated rings. The van der Waals surface area contributed by atoms with Gasteiger partial charge in [-0.1, -0.05) is 81.9 Å². The summed E-state index contributed by atoms with van der Waals surface area (Å²) in [6.07, 6.45) is 0. The van der Waals surface area contributed by atoms with Crippen LogP contribution in [-0.2, 0) is 0 Å². The first kappa shape index (κ1) is 18.2. The zero-order valence-corrected chi connectivity index (χ0v) is 17.9. The summed E-state index contributed by atoms with van der Waals surface area (Å²) in [5.41, 5.74) is 1.57. The Hall–Kier alpha value is -0.170. The van der Waals surface area contributed by atoms with E-state index in [0.29, 0.717) is 5.56 Å². The highest BCUT2D eigenvalue weighted by Gasteiger charge is 2.28. The second kappa shape index (κ2) is 8.08. The topological polar surface area (TPSA) is 26.3 Å². The Labute approximate surface area is 163 Å². The van der Waals surface area contributed by atoms with E-state index in [4.69, 9.17) is 4.74 Å². The van der Waals surface area contributed by atoms with Crippen LogP contribution in [0.15, 0.2) is 51.4 Å². The lowest BCUT2D eigenvalue weighted by molar-refractivity contribution is 0.0991. The maximum atomic E-state index is 12.6. The molecule has 0 N–H and O–H groups in total. The Bertz CT molecular complexity index is 670. The first-order valence-electron chi connectivity index (χ1n) is 6.35. The summed E-state index contributed by atoms with van der Waals surface area (Å²) in [7, 11) is 1.62. The quantitative estimate of drug-likeness (QED) is 0.320. The molecule has 0 amide bonds. The van der Waals surface area contributed by atoms with Gasteiger partial charge in [-0.25, -0.2) is 0 Å². The fourth-order valence-corrected chi connectivity index (χ4v) is 3.75. The Morgan fingerprint density at radius 3 is 2.18 bits per heavy atom. The van der Waals surface area contributed by atoms with E-state index in [1.165, 1.54) is 0 Å². The van der Waals surface area contributed by atoms with E-state index in [9.17, 15) is 4.79 Å². The lowest BCUT2D eigenvalue weighted by atomic mass is 10.0. The smallest absolute Gasteiger partial charge is 0.177 e. The molecule has 0 aliphatic carbocycles. The number of methoxy groups -OCH3 is 1. The Morgan fingerprint density at radius 1 is 1.00 bits per heavy atom. The molecule has 2 aromatic rings. The van der Waals surface area contributed by atoms with Crippen molar-refractivity contribution in [1.82, 2.24) is 0 Å². The fourth-order valence-electron chi connectivity index (χ4n) is 1.98. The zero-order chi connectivity index (χ0) is 16.3. The molecule has 0 aromatic heterocycles. The van der Waals surface area contributed by atoms with Gasteiger partial charge in [-0.3, -0.25) is 4.79 Å². The molecule has 0 heterocycles. The molecule has 6 heteroatoms. The van der Waals surface area contributed by atoms with Crippen molar-refractivity contribution in [3.8, 4) is 5.75 Å². The Morgan fingerprint density at radius 2 is 1.59 bits per heavy atom. The predicted molar refractivity (Wildman–Crippen MR) is 104 cm³/mol. The molecule has 2 aromatic carbocycles. The Balaban J connectivity index is 2.26. The molecule has 0 saturated heterocycles. The average molecular weight is 556 g/mol. The van der Waals surface area contributed by atoms with Gasteiger partial charge in [-0.2, -0.15) is 0 Å². The summed E-state index contributed by atoms with van der Waals surface area (Å²) in [6, 6.07) is 13.1. The summed E-state index contributed by atoms with van der Waals surface area (Å²) >= 11 is 13.9. The minimum Gasteiger partial charge on any atom is -0.496 e. The van der Waals surface area contributed by atoms with E-state index in [1.807, 2.05) is 30.3 Å². The normalized spacial score (nSPS) is 13.5. The second-order valence-corrected chi connectivity index (χ2v) is 8.37. The monoisotopic (exact) mass is 552 g/mol. The van der Waals surface area contributed by atoms with Gasteiger partial charge in [-0.05, 0) is 24.3 Å². The van der Waals surface area contributed by atoms with Crippen LogP contribution in [-0.4, -0.2) is 17.7 Å². The molecule has 0 spiro atoms. The molecule has 0 saturated carbocycles. The summed E-state index contributed by atoms with van der Waals surface area (Å²) in [4.78, 5) is 12.0. The van der Waals surface area contributed by atoms with E-state index < -0.39 is 4.83 Å². The third-order valence-electron chi connectivity index (χ3n) is 3.13. The van der Waals surface area contributed by atoms with Crippen LogP contribution in [0.1, 0.15) is 20.7 Å². The largest absolute Gasteiger partial charge is 0.496 e. The van der Waals surface area contributed by atoms with Crippen LogP contribution in [0.5, 0.6) is 5.75 Å². The van der Waals surface area contributed by atoms with E-state index in [2.05, 4.69) is 63.7 Å². The molecule has 0 aliphatic rings. The number of alkyl halides is 2.